The molecular weight excluding hydrogens is 456 g/mol. The molecule has 10 heteroatoms. The molecule has 0 atom stereocenters. The van der Waals surface area contributed by atoms with E-state index in [2.05, 4.69) is 56.3 Å². The van der Waals surface area contributed by atoms with E-state index >= 15 is 0 Å². The topological polar surface area (TPSA) is 82.8 Å². The fourth-order valence-corrected chi connectivity index (χ4v) is 5.66. The summed E-state index contributed by atoms with van der Waals surface area (Å²) in [6.07, 6.45) is 3.04. The number of pyridine rings is 1. The van der Waals surface area contributed by atoms with Gasteiger partial charge in [-0.05, 0) is 12.1 Å². The average molecular weight is 483 g/mol. The molecule has 1 aliphatic rings. The number of rotatable bonds is 6. The van der Waals surface area contributed by atoms with Crippen molar-refractivity contribution in [3.63, 3.8) is 0 Å². The van der Waals surface area contributed by atoms with E-state index in [0.717, 1.165) is 58.5 Å². The standard InChI is InChI=1S/C23H26N6O2S2/c1-33(30,31)28-14-11-27(12-15-28)13-16-29-20-8-4-2-6-18(20)22(19-7-3-5-9-21(19)29)25-26-23-24-10-17-32-23/h2-10,17H,11-16H2,1H3,(H,24,26). The number of sulfonamides is 1. The lowest BCUT2D eigenvalue weighted by Gasteiger charge is -2.33. The van der Waals surface area contributed by atoms with Crippen molar-refractivity contribution >= 4 is 48.3 Å². The van der Waals surface area contributed by atoms with E-state index < -0.39 is 10.0 Å². The van der Waals surface area contributed by atoms with E-state index in [0.29, 0.717) is 13.1 Å². The monoisotopic (exact) mass is 482 g/mol. The van der Waals surface area contributed by atoms with Gasteiger partial charge in [0.1, 0.15) is 5.36 Å². The molecule has 0 bridgehead atoms. The van der Waals surface area contributed by atoms with Crippen molar-refractivity contribution in [3.05, 3.63) is 65.5 Å². The molecule has 0 saturated carbocycles. The number of anilines is 1. The lowest BCUT2D eigenvalue weighted by Crippen LogP contribution is -2.48. The molecule has 1 saturated heterocycles. The molecule has 2 aromatic heterocycles. The van der Waals surface area contributed by atoms with E-state index in [4.69, 9.17) is 5.10 Å². The molecule has 1 aliphatic heterocycles. The molecule has 1 N–H and O–H groups in total. The Morgan fingerprint density at radius 3 is 2.18 bits per heavy atom. The number of thiazole rings is 1. The fraction of sp³-hybridized carbons (Fsp3) is 0.304. The Labute approximate surface area is 196 Å². The molecule has 3 heterocycles. The molecule has 33 heavy (non-hydrogen) atoms. The minimum atomic E-state index is -3.12. The van der Waals surface area contributed by atoms with Crippen LogP contribution in [0.15, 0.2) is 65.2 Å². The van der Waals surface area contributed by atoms with Gasteiger partial charge < -0.3 is 4.57 Å². The molecule has 0 unspecified atom stereocenters. The first-order valence-electron chi connectivity index (χ1n) is 10.9. The molecule has 0 spiro atoms. The van der Waals surface area contributed by atoms with Gasteiger partial charge >= 0.3 is 0 Å². The van der Waals surface area contributed by atoms with Gasteiger partial charge in [0.15, 0.2) is 0 Å². The molecular formula is C23H26N6O2S2. The van der Waals surface area contributed by atoms with E-state index in [9.17, 15) is 8.42 Å². The van der Waals surface area contributed by atoms with Crippen LogP contribution in [-0.4, -0.2) is 66.2 Å². The van der Waals surface area contributed by atoms with Crippen LogP contribution in [0.5, 0.6) is 0 Å². The summed E-state index contributed by atoms with van der Waals surface area (Å²) in [6, 6.07) is 16.6. The van der Waals surface area contributed by atoms with Gasteiger partial charge in [0.25, 0.3) is 0 Å². The summed E-state index contributed by atoms with van der Waals surface area (Å²) in [4.78, 5) is 6.61. The third-order valence-electron chi connectivity index (χ3n) is 6.04. The summed E-state index contributed by atoms with van der Waals surface area (Å²) >= 11 is 1.51. The minimum Gasteiger partial charge on any atom is -0.339 e. The van der Waals surface area contributed by atoms with Crippen LogP contribution in [0.2, 0.25) is 0 Å². The molecule has 0 amide bonds. The summed E-state index contributed by atoms with van der Waals surface area (Å²) in [6.45, 7) is 4.24. The highest BCUT2D eigenvalue weighted by molar-refractivity contribution is 7.88. The lowest BCUT2D eigenvalue weighted by atomic mass is 10.1. The number of hydrogen-bond donors (Lipinski definition) is 1. The van der Waals surface area contributed by atoms with Gasteiger partial charge in [0.2, 0.25) is 15.2 Å². The summed E-state index contributed by atoms with van der Waals surface area (Å²) in [5.74, 6) is 0. The maximum atomic E-state index is 11.8. The second-order valence-electron chi connectivity index (χ2n) is 8.10. The van der Waals surface area contributed by atoms with E-state index in [1.165, 1.54) is 17.6 Å². The zero-order chi connectivity index (χ0) is 22.8. The maximum absolute atomic E-state index is 11.8. The van der Waals surface area contributed by atoms with Crippen molar-refractivity contribution in [1.82, 2.24) is 18.8 Å². The summed E-state index contributed by atoms with van der Waals surface area (Å²) < 4.78 is 27.5. The number of nitrogens with one attached hydrogen (secondary N) is 1. The van der Waals surface area contributed by atoms with Crippen molar-refractivity contribution in [1.29, 1.82) is 0 Å². The van der Waals surface area contributed by atoms with Crippen LogP contribution in [0.4, 0.5) is 5.13 Å². The zero-order valence-corrected chi connectivity index (χ0v) is 20.0. The Morgan fingerprint density at radius 1 is 0.970 bits per heavy atom. The second-order valence-corrected chi connectivity index (χ2v) is 11.0. The van der Waals surface area contributed by atoms with Crippen molar-refractivity contribution in [2.45, 2.75) is 6.54 Å². The Morgan fingerprint density at radius 2 is 1.61 bits per heavy atom. The zero-order valence-electron chi connectivity index (χ0n) is 18.4. The predicted molar refractivity (Wildman–Crippen MR) is 134 cm³/mol. The van der Waals surface area contributed by atoms with Gasteiger partial charge in [0.05, 0.1) is 17.3 Å². The van der Waals surface area contributed by atoms with Gasteiger partial charge in [-0.25, -0.2) is 13.4 Å². The summed E-state index contributed by atoms with van der Waals surface area (Å²) in [5, 5.41) is 10.5. The number of benzene rings is 2. The van der Waals surface area contributed by atoms with Gasteiger partial charge in [-0.15, -0.1) is 11.3 Å². The summed E-state index contributed by atoms with van der Waals surface area (Å²) in [5.41, 5.74) is 5.34. The molecule has 4 aromatic rings. The molecule has 1 fully saturated rings. The average Bonchev–Trinajstić information content (AvgIpc) is 3.34. The molecule has 0 aliphatic carbocycles. The first kappa shape index (κ1) is 22.0. The highest BCUT2D eigenvalue weighted by atomic mass is 32.2. The van der Waals surface area contributed by atoms with Gasteiger partial charge in [-0.1, -0.05) is 36.4 Å². The fourth-order valence-electron chi connectivity index (χ4n) is 4.36. The third-order valence-corrected chi connectivity index (χ3v) is 8.02. The van der Waals surface area contributed by atoms with Crippen molar-refractivity contribution < 1.29 is 8.42 Å². The molecule has 172 valence electrons. The number of hydrogen-bond acceptors (Lipinski definition) is 7. The predicted octanol–water partition coefficient (Wildman–Crippen LogP) is 2.76. The Bertz CT molecular complexity index is 1380. The number of para-hydroxylation sites is 2. The van der Waals surface area contributed by atoms with Crippen molar-refractivity contribution in [3.8, 4) is 0 Å². The number of nitrogens with zero attached hydrogens (tertiary/aromatic N) is 5. The van der Waals surface area contributed by atoms with Crippen LogP contribution in [-0.2, 0) is 16.6 Å². The SMILES string of the molecule is CS(=O)(=O)N1CCN(CCn2c3ccccc3c(=NNc3nccs3)c3ccccc32)CC1. The smallest absolute Gasteiger partial charge is 0.211 e. The second kappa shape index (κ2) is 9.22. The first-order valence-corrected chi connectivity index (χ1v) is 13.6. The van der Waals surface area contributed by atoms with Crippen molar-refractivity contribution in [2.75, 3.05) is 44.4 Å². The van der Waals surface area contributed by atoms with Gasteiger partial charge in [-0.3, -0.25) is 10.3 Å². The number of aromatic nitrogens is 2. The molecule has 8 nitrogen and oxygen atoms in total. The van der Waals surface area contributed by atoms with Crippen molar-refractivity contribution in [2.24, 2.45) is 5.10 Å². The lowest BCUT2D eigenvalue weighted by molar-refractivity contribution is 0.184. The Balaban J connectivity index is 1.49. The van der Waals surface area contributed by atoms with Crippen LogP contribution >= 0.6 is 11.3 Å². The highest BCUT2D eigenvalue weighted by Gasteiger charge is 2.23. The van der Waals surface area contributed by atoms with E-state index in [1.807, 2.05) is 17.5 Å². The number of piperazine rings is 1. The molecule has 5 rings (SSSR count). The number of fused-ring (bicyclic) bond motifs is 2. The van der Waals surface area contributed by atoms with E-state index in [1.54, 1.807) is 10.5 Å². The molecule has 2 aromatic carbocycles. The van der Waals surface area contributed by atoms with Crippen LogP contribution < -0.4 is 10.8 Å². The van der Waals surface area contributed by atoms with Gasteiger partial charge in [-0.2, -0.15) is 9.41 Å². The normalized spacial score (nSPS) is 15.8. The van der Waals surface area contributed by atoms with Crippen LogP contribution in [0.1, 0.15) is 0 Å². The summed E-state index contributed by atoms with van der Waals surface area (Å²) in [7, 11) is -3.12. The first-order chi connectivity index (χ1) is 16.0. The van der Waals surface area contributed by atoms with Crippen LogP contribution in [0.25, 0.3) is 21.8 Å². The minimum absolute atomic E-state index is 0.547. The Hall–Kier alpha value is -2.79. The largest absolute Gasteiger partial charge is 0.339 e. The third kappa shape index (κ3) is 4.65. The van der Waals surface area contributed by atoms with E-state index in [-0.39, 0.29) is 0 Å². The van der Waals surface area contributed by atoms with Crippen LogP contribution in [0.3, 0.4) is 0 Å². The van der Waals surface area contributed by atoms with Gasteiger partial charge in [0, 0.05) is 61.6 Å². The highest BCUT2D eigenvalue weighted by Crippen LogP contribution is 2.20. The Kier molecular flexibility index (Phi) is 6.15. The van der Waals surface area contributed by atoms with Crippen LogP contribution in [0, 0.1) is 0 Å². The molecule has 0 radical (unpaired) electrons. The quantitative estimate of drug-likeness (QED) is 0.338. The maximum Gasteiger partial charge on any atom is 0.211 e.